The molecule has 0 atom stereocenters. The SMILES string of the molecule is O=C([O-])CSCc1nc2scc(-c3cccs3)c2c(=O)[nH]1. The zero-order chi connectivity index (χ0) is 14.8. The molecule has 0 aliphatic carbocycles. The van der Waals surface area contributed by atoms with Crippen molar-refractivity contribution < 1.29 is 9.90 Å². The first kappa shape index (κ1) is 14.3. The number of thiophene rings is 2. The molecule has 0 spiro atoms. The van der Waals surface area contributed by atoms with Gasteiger partial charge in [-0.2, -0.15) is 0 Å². The van der Waals surface area contributed by atoms with E-state index in [0.717, 1.165) is 22.2 Å². The Morgan fingerprint density at radius 1 is 1.43 bits per heavy atom. The van der Waals surface area contributed by atoms with E-state index in [1.807, 2.05) is 22.9 Å². The van der Waals surface area contributed by atoms with Crippen molar-refractivity contribution in [3.8, 4) is 10.4 Å². The second kappa shape index (κ2) is 6.00. The lowest BCUT2D eigenvalue weighted by Gasteiger charge is -2.02. The smallest absolute Gasteiger partial charge is 0.260 e. The maximum Gasteiger partial charge on any atom is 0.260 e. The Labute approximate surface area is 131 Å². The number of hydrogen-bond acceptors (Lipinski definition) is 7. The Kier molecular flexibility index (Phi) is 4.09. The van der Waals surface area contributed by atoms with Gasteiger partial charge in [0.2, 0.25) is 0 Å². The highest BCUT2D eigenvalue weighted by molar-refractivity contribution is 7.99. The van der Waals surface area contributed by atoms with E-state index in [1.54, 1.807) is 11.3 Å². The molecule has 3 aromatic rings. The lowest BCUT2D eigenvalue weighted by Crippen LogP contribution is -2.24. The molecule has 0 aromatic carbocycles. The van der Waals surface area contributed by atoms with Gasteiger partial charge in [-0.05, 0) is 11.4 Å². The first-order chi connectivity index (χ1) is 10.1. The van der Waals surface area contributed by atoms with Gasteiger partial charge in [0, 0.05) is 21.6 Å². The van der Waals surface area contributed by atoms with Gasteiger partial charge in [-0.3, -0.25) is 4.79 Å². The largest absolute Gasteiger partial charge is 0.549 e. The molecule has 3 aromatic heterocycles. The number of thioether (sulfide) groups is 1. The molecule has 0 unspecified atom stereocenters. The fraction of sp³-hybridized carbons (Fsp3) is 0.154. The van der Waals surface area contributed by atoms with Crippen molar-refractivity contribution in [1.29, 1.82) is 0 Å². The van der Waals surface area contributed by atoms with E-state index in [-0.39, 0.29) is 11.3 Å². The van der Waals surface area contributed by atoms with E-state index in [9.17, 15) is 14.7 Å². The Hall–Kier alpha value is -1.64. The minimum Gasteiger partial charge on any atom is -0.549 e. The van der Waals surface area contributed by atoms with E-state index < -0.39 is 5.97 Å². The van der Waals surface area contributed by atoms with E-state index in [0.29, 0.717) is 21.8 Å². The summed E-state index contributed by atoms with van der Waals surface area (Å²) in [5, 5.41) is 14.9. The molecule has 1 N–H and O–H groups in total. The van der Waals surface area contributed by atoms with Crippen molar-refractivity contribution in [1.82, 2.24) is 9.97 Å². The maximum atomic E-state index is 12.3. The van der Waals surface area contributed by atoms with E-state index in [4.69, 9.17) is 0 Å². The zero-order valence-electron chi connectivity index (χ0n) is 10.6. The van der Waals surface area contributed by atoms with Crippen LogP contribution in [0.25, 0.3) is 20.7 Å². The van der Waals surface area contributed by atoms with Gasteiger partial charge in [-0.1, -0.05) is 6.07 Å². The molecule has 0 fully saturated rings. The van der Waals surface area contributed by atoms with Gasteiger partial charge in [0.25, 0.3) is 5.56 Å². The Bertz CT molecular complexity index is 836. The molecule has 0 saturated heterocycles. The van der Waals surface area contributed by atoms with Crippen molar-refractivity contribution >= 4 is 50.6 Å². The fourth-order valence-electron chi connectivity index (χ4n) is 1.91. The number of fused-ring (bicyclic) bond motifs is 1. The molecule has 108 valence electrons. The second-order valence-corrected chi connectivity index (χ2v) is 6.98. The van der Waals surface area contributed by atoms with Crippen LogP contribution in [0.1, 0.15) is 5.82 Å². The van der Waals surface area contributed by atoms with Crippen molar-refractivity contribution in [2.75, 3.05) is 5.75 Å². The van der Waals surface area contributed by atoms with E-state index in [2.05, 4.69) is 9.97 Å². The molecule has 0 radical (unpaired) electrons. The summed E-state index contributed by atoms with van der Waals surface area (Å²) in [5.41, 5.74) is 0.710. The number of carbonyl (C=O) groups is 1. The molecule has 3 heterocycles. The highest BCUT2D eigenvalue weighted by atomic mass is 32.2. The number of nitrogens with zero attached hydrogens (tertiary/aromatic N) is 1. The Balaban J connectivity index is 1.95. The number of aromatic nitrogens is 2. The lowest BCUT2D eigenvalue weighted by molar-refractivity contribution is -0.301. The van der Waals surface area contributed by atoms with Crippen molar-refractivity contribution in [2.45, 2.75) is 5.75 Å². The summed E-state index contributed by atoms with van der Waals surface area (Å²) in [6, 6.07) is 3.91. The molecule has 0 amide bonds. The molecule has 8 heteroatoms. The van der Waals surface area contributed by atoms with E-state index in [1.165, 1.54) is 11.3 Å². The monoisotopic (exact) mass is 337 g/mol. The van der Waals surface area contributed by atoms with Crippen LogP contribution in [0.2, 0.25) is 0 Å². The molecule has 0 aliphatic heterocycles. The average Bonchev–Trinajstić information content (AvgIpc) is 3.06. The van der Waals surface area contributed by atoms with Crippen LogP contribution in [0.15, 0.2) is 27.7 Å². The number of H-pyrrole nitrogens is 1. The predicted molar refractivity (Wildman–Crippen MR) is 84.7 cm³/mol. The quantitative estimate of drug-likeness (QED) is 0.766. The average molecular weight is 337 g/mol. The highest BCUT2D eigenvalue weighted by Gasteiger charge is 2.13. The number of carboxylic acids is 1. The van der Waals surface area contributed by atoms with Gasteiger partial charge in [0.05, 0.1) is 17.1 Å². The van der Waals surface area contributed by atoms with Gasteiger partial charge in [0.1, 0.15) is 10.7 Å². The minimum atomic E-state index is -1.13. The number of rotatable bonds is 5. The van der Waals surface area contributed by atoms with Crippen LogP contribution in [0.4, 0.5) is 0 Å². The molecular formula is C13H9N2O3S3-. The van der Waals surface area contributed by atoms with Crippen molar-refractivity contribution in [2.24, 2.45) is 0 Å². The first-order valence-electron chi connectivity index (χ1n) is 5.97. The maximum absolute atomic E-state index is 12.3. The Morgan fingerprint density at radius 2 is 2.29 bits per heavy atom. The van der Waals surface area contributed by atoms with Gasteiger partial charge in [-0.25, -0.2) is 4.98 Å². The summed E-state index contributed by atoms with van der Waals surface area (Å²) >= 11 is 4.14. The standard InChI is InChI=1S/C13H10N2O3S3/c16-10(17)6-19-5-9-14-12(18)11-7(4-21-13(11)15-9)8-2-1-3-20-8/h1-4H,5-6H2,(H,16,17)(H,14,15,18)/p-1. The van der Waals surface area contributed by atoms with Crippen LogP contribution < -0.4 is 10.7 Å². The number of nitrogens with one attached hydrogen (secondary N) is 1. The first-order valence-corrected chi connectivity index (χ1v) is 8.88. The van der Waals surface area contributed by atoms with Crippen LogP contribution in [0.5, 0.6) is 0 Å². The topological polar surface area (TPSA) is 85.9 Å². The number of aliphatic carboxylic acids is 1. The van der Waals surface area contributed by atoms with Crippen molar-refractivity contribution in [3.05, 3.63) is 39.1 Å². The van der Waals surface area contributed by atoms with Crippen LogP contribution in [0, 0.1) is 0 Å². The number of carbonyl (C=O) groups excluding carboxylic acids is 1. The molecular weight excluding hydrogens is 328 g/mol. The number of carboxylic acid groups (broad SMARTS) is 1. The van der Waals surface area contributed by atoms with E-state index >= 15 is 0 Å². The number of hydrogen-bond donors (Lipinski definition) is 1. The van der Waals surface area contributed by atoms with Crippen LogP contribution >= 0.6 is 34.4 Å². The summed E-state index contributed by atoms with van der Waals surface area (Å²) < 4.78 is 0. The molecule has 5 nitrogen and oxygen atoms in total. The molecule has 0 saturated carbocycles. The van der Waals surface area contributed by atoms with Gasteiger partial charge in [0.15, 0.2) is 0 Å². The summed E-state index contributed by atoms with van der Waals surface area (Å²) in [4.78, 5) is 31.5. The summed E-state index contributed by atoms with van der Waals surface area (Å²) in [6.45, 7) is 0. The summed E-state index contributed by atoms with van der Waals surface area (Å²) in [5.74, 6) is -0.421. The zero-order valence-corrected chi connectivity index (χ0v) is 13.1. The van der Waals surface area contributed by atoms with Crippen LogP contribution in [0.3, 0.4) is 0 Å². The lowest BCUT2D eigenvalue weighted by atomic mass is 10.2. The normalized spacial score (nSPS) is 11.0. The number of aromatic amines is 1. The van der Waals surface area contributed by atoms with Crippen molar-refractivity contribution in [3.63, 3.8) is 0 Å². The molecule has 0 bridgehead atoms. The second-order valence-electron chi connectivity index (χ2n) is 4.18. The minimum absolute atomic E-state index is 0.118. The van der Waals surface area contributed by atoms with Gasteiger partial charge >= 0.3 is 0 Å². The predicted octanol–water partition coefficient (Wildman–Crippen LogP) is 1.70. The van der Waals surface area contributed by atoms with Crippen LogP contribution in [-0.4, -0.2) is 21.7 Å². The third-order valence-electron chi connectivity index (χ3n) is 2.74. The summed E-state index contributed by atoms with van der Waals surface area (Å²) in [6.07, 6.45) is 0. The Morgan fingerprint density at radius 3 is 3.00 bits per heavy atom. The van der Waals surface area contributed by atoms with Gasteiger partial charge < -0.3 is 14.9 Å². The molecule has 3 rings (SSSR count). The molecule has 0 aliphatic rings. The fourth-order valence-corrected chi connectivity index (χ4v) is 4.29. The van der Waals surface area contributed by atoms with Gasteiger partial charge in [-0.15, -0.1) is 34.4 Å². The molecule has 21 heavy (non-hydrogen) atoms. The third kappa shape index (κ3) is 3.02. The highest BCUT2D eigenvalue weighted by Crippen LogP contribution is 2.33. The summed E-state index contributed by atoms with van der Waals surface area (Å²) in [7, 11) is 0. The van der Waals surface area contributed by atoms with Crippen LogP contribution in [-0.2, 0) is 10.5 Å². The third-order valence-corrected chi connectivity index (χ3v) is 5.43.